The highest BCUT2D eigenvalue weighted by molar-refractivity contribution is 6.33. The largest absolute Gasteiger partial charge is 0.508 e. The van der Waals surface area contributed by atoms with Gasteiger partial charge in [0, 0.05) is 22.7 Å². The first-order chi connectivity index (χ1) is 26.2. The number of benzene rings is 3. The number of hydrazine groups is 1. The maximum absolute atomic E-state index is 15.3. The molecule has 2 saturated heterocycles. The molecule has 0 radical (unpaired) electrons. The first kappa shape index (κ1) is 36.6. The standard InChI is InChI=1S/C40H31Cl2F3N4O6/c1-55-24-11-14-31(50)28(16-24)33-25-12-13-26-32(37(53)48(35(26)51)19-20-5-3-2-4-6-20)27(25)17-29-36(52)49(38(54)39(29,33)21-7-9-23(41)10-8-21)47-34-30(42)15-22(18-46-34)40(43,44)45/h2-12,14-16,18,26-27,29,32-33,50H,13,17,19H2,1H3,(H,46,47). The van der Waals surface area contributed by atoms with Gasteiger partial charge in [-0.15, -0.1) is 0 Å². The summed E-state index contributed by atoms with van der Waals surface area (Å²) < 4.78 is 46.0. The summed E-state index contributed by atoms with van der Waals surface area (Å²) in [6.45, 7) is 0.0573. The quantitative estimate of drug-likeness (QED) is 0.147. The molecular formula is C40H31Cl2F3N4O6. The molecule has 2 aliphatic carbocycles. The van der Waals surface area contributed by atoms with Crippen LogP contribution in [-0.2, 0) is 37.3 Å². The Kier molecular flexibility index (Phi) is 8.92. The number of imide groups is 2. The zero-order valence-electron chi connectivity index (χ0n) is 28.9. The van der Waals surface area contributed by atoms with Crippen LogP contribution in [0.3, 0.4) is 0 Å². The number of phenols is 1. The van der Waals surface area contributed by atoms with Crippen molar-refractivity contribution in [2.24, 2.45) is 23.7 Å². The van der Waals surface area contributed by atoms with Gasteiger partial charge in [0.05, 0.1) is 47.4 Å². The van der Waals surface area contributed by atoms with Crippen LogP contribution in [0.15, 0.2) is 96.7 Å². The SMILES string of the molecule is COc1ccc(O)c(C2C3=CCC4C(=O)N(Cc5ccccc5)C(=O)C4C3CC3C(=O)N(Nc4ncc(C(F)(F)F)cc4Cl)C(=O)C32c2ccc(Cl)cc2)c1. The number of methoxy groups -OCH3 is 1. The number of ether oxygens (including phenoxy) is 1. The summed E-state index contributed by atoms with van der Waals surface area (Å²) in [4.78, 5) is 63.5. The predicted octanol–water partition coefficient (Wildman–Crippen LogP) is 7.31. The number of nitrogens with zero attached hydrogens (tertiary/aromatic N) is 3. The van der Waals surface area contributed by atoms with Crippen LogP contribution in [0.5, 0.6) is 11.5 Å². The molecule has 2 aliphatic heterocycles. The maximum atomic E-state index is 15.3. The van der Waals surface area contributed by atoms with Gasteiger partial charge in [0.1, 0.15) is 11.5 Å². The number of fused-ring (bicyclic) bond motifs is 4. The lowest BCUT2D eigenvalue weighted by Gasteiger charge is -2.50. The van der Waals surface area contributed by atoms with Crippen LogP contribution in [0.4, 0.5) is 19.0 Å². The topological polar surface area (TPSA) is 129 Å². The zero-order chi connectivity index (χ0) is 39.0. The van der Waals surface area contributed by atoms with Gasteiger partial charge in [0.25, 0.3) is 11.8 Å². The number of likely N-dealkylation sites (tertiary alicyclic amines) is 1. The van der Waals surface area contributed by atoms with E-state index in [0.717, 1.165) is 5.56 Å². The number of hydrogen-bond donors (Lipinski definition) is 2. The van der Waals surface area contributed by atoms with Crippen molar-refractivity contribution >= 4 is 52.6 Å². The molecule has 0 spiro atoms. The minimum atomic E-state index is -4.76. The molecule has 3 fully saturated rings. The molecule has 6 atom stereocenters. The molecule has 10 nitrogen and oxygen atoms in total. The van der Waals surface area contributed by atoms with Crippen LogP contribution >= 0.6 is 23.2 Å². The number of rotatable bonds is 7. The first-order valence-corrected chi connectivity index (χ1v) is 18.1. The number of halogens is 5. The molecule has 1 aromatic heterocycles. The Morgan fingerprint density at radius 1 is 0.945 bits per heavy atom. The third-order valence-corrected chi connectivity index (χ3v) is 11.9. The van der Waals surface area contributed by atoms with Gasteiger partial charge in [-0.05, 0) is 66.3 Å². The fourth-order valence-corrected chi connectivity index (χ4v) is 9.34. The molecule has 0 bridgehead atoms. The maximum Gasteiger partial charge on any atom is 0.417 e. The lowest BCUT2D eigenvalue weighted by atomic mass is 9.49. The van der Waals surface area contributed by atoms with Crippen LogP contribution in [0.25, 0.3) is 0 Å². The summed E-state index contributed by atoms with van der Waals surface area (Å²) in [6.07, 6.45) is -2.30. The van der Waals surface area contributed by atoms with E-state index in [-0.39, 0.29) is 42.4 Å². The number of pyridine rings is 1. The molecular weight excluding hydrogens is 760 g/mol. The van der Waals surface area contributed by atoms with E-state index in [2.05, 4.69) is 10.4 Å². The molecule has 2 N–H and O–H groups in total. The second-order valence-corrected chi connectivity index (χ2v) is 14.9. The molecule has 6 unspecified atom stereocenters. The molecule has 15 heteroatoms. The number of alkyl halides is 3. The number of carbonyl (C=O) groups excluding carboxylic acids is 4. The molecule has 3 aromatic carbocycles. The lowest BCUT2D eigenvalue weighted by Crippen LogP contribution is -2.53. The van der Waals surface area contributed by atoms with E-state index in [1.54, 1.807) is 30.3 Å². The van der Waals surface area contributed by atoms with E-state index in [1.165, 1.54) is 24.1 Å². The van der Waals surface area contributed by atoms with Crippen LogP contribution in [0.1, 0.15) is 41.0 Å². The average molecular weight is 792 g/mol. The Hall–Kier alpha value is -5.40. The zero-order valence-corrected chi connectivity index (χ0v) is 30.4. The summed E-state index contributed by atoms with van der Waals surface area (Å²) in [5, 5.41) is 12.1. The van der Waals surface area contributed by atoms with Crippen molar-refractivity contribution in [2.75, 3.05) is 12.5 Å². The summed E-state index contributed by atoms with van der Waals surface area (Å²) in [5.41, 5.74) is 1.55. The molecule has 3 heterocycles. The Morgan fingerprint density at radius 3 is 2.35 bits per heavy atom. The highest BCUT2D eigenvalue weighted by atomic mass is 35.5. The van der Waals surface area contributed by atoms with Crippen LogP contribution in [-0.4, -0.2) is 50.7 Å². The van der Waals surface area contributed by atoms with Gasteiger partial charge in [-0.25, -0.2) is 4.98 Å². The van der Waals surface area contributed by atoms with E-state index in [1.807, 2.05) is 36.4 Å². The first-order valence-electron chi connectivity index (χ1n) is 17.4. The van der Waals surface area contributed by atoms with Crippen molar-refractivity contribution in [2.45, 2.75) is 36.9 Å². The molecule has 4 aromatic rings. The number of anilines is 1. The highest BCUT2D eigenvalue weighted by Crippen LogP contribution is 2.65. The number of aromatic nitrogens is 1. The van der Waals surface area contributed by atoms with Crippen molar-refractivity contribution < 1.29 is 42.2 Å². The van der Waals surface area contributed by atoms with Gasteiger partial charge in [-0.3, -0.25) is 29.5 Å². The number of carbonyl (C=O) groups is 4. The van der Waals surface area contributed by atoms with E-state index < -0.39 is 69.5 Å². The van der Waals surface area contributed by atoms with Gasteiger partial charge in [0.2, 0.25) is 11.8 Å². The van der Waals surface area contributed by atoms with Crippen molar-refractivity contribution in [3.63, 3.8) is 0 Å². The Morgan fingerprint density at radius 2 is 1.67 bits per heavy atom. The molecule has 55 heavy (non-hydrogen) atoms. The fourth-order valence-electron chi connectivity index (χ4n) is 9.01. The minimum Gasteiger partial charge on any atom is -0.508 e. The van der Waals surface area contributed by atoms with Gasteiger partial charge >= 0.3 is 6.18 Å². The van der Waals surface area contributed by atoms with E-state index >= 15 is 4.79 Å². The van der Waals surface area contributed by atoms with Crippen molar-refractivity contribution in [1.82, 2.24) is 14.9 Å². The Balaban J connectivity index is 1.31. The summed E-state index contributed by atoms with van der Waals surface area (Å²) in [7, 11) is 1.43. The van der Waals surface area contributed by atoms with E-state index in [9.17, 15) is 32.7 Å². The Bertz CT molecular complexity index is 2290. The van der Waals surface area contributed by atoms with Crippen molar-refractivity contribution in [1.29, 1.82) is 0 Å². The minimum absolute atomic E-state index is 0.0573. The second kappa shape index (κ2) is 13.4. The van der Waals surface area contributed by atoms with Gasteiger partial charge < -0.3 is 9.84 Å². The van der Waals surface area contributed by atoms with Crippen molar-refractivity contribution in [3.05, 3.63) is 129 Å². The van der Waals surface area contributed by atoms with Crippen LogP contribution < -0.4 is 10.2 Å². The third-order valence-electron chi connectivity index (χ3n) is 11.4. The van der Waals surface area contributed by atoms with Gasteiger partial charge in [-0.1, -0.05) is 77.3 Å². The molecule has 4 aliphatic rings. The summed E-state index contributed by atoms with van der Waals surface area (Å²) >= 11 is 12.6. The number of hydrogen-bond acceptors (Lipinski definition) is 8. The third kappa shape index (κ3) is 5.74. The molecule has 8 rings (SSSR count). The molecule has 1 saturated carbocycles. The van der Waals surface area contributed by atoms with Crippen molar-refractivity contribution in [3.8, 4) is 11.5 Å². The molecule has 282 valence electrons. The fraction of sp³-hybridized carbons (Fsp3) is 0.275. The number of allylic oxidation sites excluding steroid dienone is 2. The average Bonchev–Trinajstić information content (AvgIpc) is 3.53. The highest BCUT2D eigenvalue weighted by Gasteiger charge is 2.70. The number of amides is 4. The predicted molar refractivity (Wildman–Crippen MR) is 194 cm³/mol. The lowest BCUT2D eigenvalue weighted by molar-refractivity contribution is -0.142. The number of phenolic OH excluding ortho intramolecular Hbond substituents is 1. The monoisotopic (exact) mass is 790 g/mol. The van der Waals surface area contributed by atoms with Gasteiger partial charge in [-0.2, -0.15) is 18.2 Å². The summed E-state index contributed by atoms with van der Waals surface area (Å²) in [6, 6.07) is 20.6. The Labute approximate surface area is 322 Å². The van der Waals surface area contributed by atoms with Crippen LogP contribution in [0, 0.1) is 23.7 Å². The smallest absolute Gasteiger partial charge is 0.417 e. The van der Waals surface area contributed by atoms with E-state index in [4.69, 9.17) is 27.9 Å². The normalized spacial score (nSPS) is 26.1. The number of nitrogens with one attached hydrogen (secondary N) is 1. The van der Waals surface area contributed by atoms with Gasteiger partial charge in [0.15, 0.2) is 5.82 Å². The van der Waals surface area contributed by atoms with Crippen LogP contribution in [0.2, 0.25) is 10.0 Å². The molecule has 4 amide bonds. The number of aromatic hydroxyl groups is 1. The summed E-state index contributed by atoms with van der Waals surface area (Å²) in [5.74, 6) is -7.30. The van der Waals surface area contributed by atoms with E-state index in [0.29, 0.717) is 39.2 Å². The second-order valence-electron chi connectivity index (χ2n) is 14.1.